The lowest BCUT2D eigenvalue weighted by molar-refractivity contribution is 0.369. The van der Waals surface area contributed by atoms with Crippen LogP contribution in [-0.4, -0.2) is 29.4 Å². The normalized spacial score (nSPS) is 15.0. The van der Waals surface area contributed by atoms with E-state index in [1.165, 1.54) is 18.4 Å². The quantitative estimate of drug-likeness (QED) is 0.0745. The van der Waals surface area contributed by atoms with Crippen molar-refractivity contribution in [2.24, 2.45) is 0 Å². The smallest absolute Gasteiger partial charge is 0.324 e. The Morgan fingerprint density at radius 3 is 1.00 bits per heavy atom. The van der Waals surface area contributed by atoms with Crippen LogP contribution in [0.4, 0.5) is 0 Å². The van der Waals surface area contributed by atoms with Crippen LogP contribution in [-0.2, 0) is 37.6 Å². The fourth-order valence-electron chi connectivity index (χ4n) is 6.56. The van der Waals surface area contributed by atoms with Gasteiger partial charge in [-0.25, -0.2) is 0 Å². The van der Waals surface area contributed by atoms with Gasteiger partial charge in [-0.2, -0.15) is 0 Å². The zero-order valence-corrected chi connectivity index (χ0v) is 27.2. The van der Waals surface area contributed by atoms with Crippen molar-refractivity contribution >= 4 is 22.8 Å². The number of hydrogen-bond donors (Lipinski definition) is 6. The van der Waals surface area contributed by atoms with Crippen molar-refractivity contribution < 1.29 is 43.1 Å². The van der Waals surface area contributed by atoms with Crippen molar-refractivity contribution in [3.63, 3.8) is 0 Å². The van der Waals surface area contributed by atoms with Crippen molar-refractivity contribution in [3.05, 3.63) is 142 Å². The van der Waals surface area contributed by atoms with Crippen LogP contribution in [0.1, 0.15) is 76.1 Å². The van der Waals surface area contributed by atoms with Gasteiger partial charge in [0.1, 0.15) is 0 Å². The highest BCUT2D eigenvalue weighted by atomic mass is 31.2. The topological polar surface area (TPSA) is 173 Å². The minimum atomic E-state index is -4.31. The van der Waals surface area contributed by atoms with E-state index in [1.807, 2.05) is 36.4 Å². The molecule has 0 unspecified atom stereocenters. The third-order valence-corrected chi connectivity index (χ3v) is 10.8. The van der Waals surface area contributed by atoms with Crippen LogP contribution in [0.15, 0.2) is 97.1 Å². The Morgan fingerprint density at radius 1 is 0.467 bits per heavy atom. The van der Waals surface area contributed by atoms with Gasteiger partial charge in [-0.3, -0.25) is 13.7 Å². The van der Waals surface area contributed by atoms with Crippen molar-refractivity contribution in [3.8, 4) is 0 Å². The fraction of sp³-hybridized carbons (Fsp3) is 0.273. The van der Waals surface area contributed by atoms with Gasteiger partial charge in [0, 0.05) is 0 Å². The summed E-state index contributed by atoms with van der Waals surface area (Å²) in [5.41, 5.74) is 4.84. The highest BCUT2D eigenvalue weighted by molar-refractivity contribution is 7.51. The lowest BCUT2D eigenvalue weighted by Crippen LogP contribution is -2.31. The second-order valence-electron chi connectivity index (χ2n) is 11.9. The summed E-state index contributed by atoms with van der Waals surface area (Å²) >= 11 is 0. The summed E-state index contributed by atoms with van der Waals surface area (Å²) in [6.45, 7) is 0. The highest BCUT2D eigenvalue weighted by Crippen LogP contribution is 2.48. The first kappa shape index (κ1) is 33.7. The largest absolute Gasteiger partial charge is 0.329 e. The van der Waals surface area contributed by atoms with Crippen molar-refractivity contribution in [2.75, 3.05) is 0 Å². The third kappa shape index (κ3) is 8.38. The van der Waals surface area contributed by atoms with E-state index in [1.54, 1.807) is 36.4 Å². The molecule has 45 heavy (non-hydrogen) atoms. The maximum atomic E-state index is 11.7. The highest BCUT2D eigenvalue weighted by Gasteiger charge is 2.39. The maximum Gasteiger partial charge on any atom is 0.329 e. The minimum Gasteiger partial charge on any atom is -0.324 e. The van der Waals surface area contributed by atoms with Crippen LogP contribution in [0, 0.1) is 0 Å². The van der Waals surface area contributed by atoms with Gasteiger partial charge in [-0.15, -0.1) is 0 Å². The second kappa shape index (κ2) is 13.2. The van der Waals surface area contributed by atoms with E-state index in [0.29, 0.717) is 22.6 Å². The van der Waals surface area contributed by atoms with Crippen LogP contribution in [0.25, 0.3) is 0 Å². The van der Waals surface area contributed by atoms with Crippen LogP contribution < -0.4 is 0 Å². The molecule has 238 valence electrons. The fourth-order valence-corrected chi connectivity index (χ4v) is 8.62. The van der Waals surface area contributed by atoms with Gasteiger partial charge in [0.15, 0.2) is 0 Å². The lowest BCUT2D eigenvalue weighted by Gasteiger charge is -2.37. The van der Waals surface area contributed by atoms with E-state index in [4.69, 9.17) is 0 Å². The summed E-state index contributed by atoms with van der Waals surface area (Å²) in [6, 6.07) is 29.4. The van der Waals surface area contributed by atoms with E-state index in [2.05, 4.69) is 24.3 Å². The van der Waals surface area contributed by atoms with Crippen molar-refractivity contribution in [1.29, 1.82) is 0 Å². The predicted octanol–water partition coefficient (Wildman–Crippen LogP) is 6.76. The lowest BCUT2D eigenvalue weighted by atomic mass is 9.64. The van der Waals surface area contributed by atoms with Gasteiger partial charge < -0.3 is 29.4 Å². The standard InChI is InChI=1S/C33H37O9P3/c34-43(35,36)21-24-5-13-29(14-6-24)33(30-15-7-25(8-16-30)22-44(37,38)39,31-17-9-26(10-18-31)23-45(40,41)42)32-19-11-28(12-20-32)27-3-1-2-4-27/h5-20,27H,1-4,21-23H2,(H2,34,35,36)(H2,37,38,39)(H2,40,41,42). The average Bonchev–Trinajstić information content (AvgIpc) is 3.49. The van der Waals surface area contributed by atoms with Crippen LogP contribution in [0.2, 0.25) is 0 Å². The molecule has 5 rings (SSSR count). The molecule has 4 aromatic carbocycles. The van der Waals surface area contributed by atoms with Gasteiger partial charge in [-0.1, -0.05) is 110 Å². The summed E-state index contributed by atoms with van der Waals surface area (Å²) < 4.78 is 35.2. The molecular formula is C33H37O9P3. The molecule has 0 bridgehead atoms. The van der Waals surface area contributed by atoms with E-state index >= 15 is 0 Å². The van der Waals surface area contributed by atoms with Gasteiger partial charge in [0.05, 0.1) is 23.9 Å². The average molecular weight is 671 g/mol. The Kier molecular flexibility index (Phi) is 9.89. The van der Waals surface area contributed by atoms with E-state index < -0.39 is 46.7 Å². The van der Waals surface area contributed by atoms with Gasteiger partial charge in [0.2, 0.25) is 0 Å². The summed E-state index contributed by atoms with van der Waals surface area (Å²) in [5.74, 6) is 0.485. The number of benzene rings is 4. The second-order valence-corrected chi connectivity index (χ2v) is 16.8. The third-order valence-electron chi connectivity index (χ3n) is 8.50. The molecule has 0 radical (unpaired) electrons. The molecule has 0 atom stereocenters. The zero-order valence-electron chi connectivity index (χ0n) is 24.5. The molecule has 0 aromatic heterocycles. The van der Waals surface area contributed by atoms with E-state index in [9.17, 15) is 43.1 Å². The molecule has 9 nitrogen and oxygen atoms in total. The monoisotopic (exact) mass is 670 g/mol. The Bertz CT molecular complexity index is 1580. The number of rotatable bonds is 11. The Balaban J connectivity index is 1.73. The predicted molar refractivity (Wildman–Crippen MR) is 173 cm³/mol. The molecule has 0 saturated heterocycles. The van der Waals surface area contributed by atoms with Crippen LogP contribution in [0.3, 0.4) is 0 Å². The molecule has 1 saturated carbocycles. The summed E-state index contributed by atoms with van der Waals surface area (Å²) in [5, 5.41) is 0. The van der Waals surface area contributed by atoms with Gasteiger partial charge in [0.25, 0.3) is 0 Å². The molecular weight excluding hydrogens is 633 g/mol. The van der Waals surface area contributed by atoms with Crippen molar-refractivity contribution in [1.82, 2.24) is 0 Å². The van der Waals surface area contributed by atoms with E-state index in [0.717, 1.165) is 35.1 Å². The van der Waals surface area contributed by atoms with E-state index in [-0.39, 0.29) is 0 Å². The first-order valence-corrected chi connectivity index (χ1v) is 20.0. The summed E-state index contributed by atoms with van der Waals surface area (Å²) in [4.78, 5) is 57.4. The number of hydrogen-bond acceptors (Lipinski definition) is 3. The first-order valence-electron chi connectivity index (χ1n) is 14.6. The Morgan fingerprint density at radius 2 is 0.733 bits per heavy atom. The first-order chi connectivity index (χ1) is 21.1. The Labute approximate surface area is 262 Å². The SMILES string of the molecule is O=P(O)(O)Cc1ccc(C(c2ccc(CP(=O)(O)O)cc2)(c2ccc(CP(=O)(O)O)cc2)c2ccc(C3CCCC3)cc2)cc1. The van der Waals surface area contributed by atoms with Crippen molar-refractivity contribution in [2.45, 2.75) is 55.5 Å². The van der Waals surface area contributed by atoms with Crippen LogP contribution in [0.5, 0.6) is 0 Å². The molecule has 6 N–H and O–H groups in total. The molecule has 0 spiro atoms. The molecule has 0 heterocycles. The van der Waals surface area contributed by atoms with Crippen LogP contribution >= 0.6 is 22.8 Å². The molecule has 1 fully saturated rings. The molecule has 1 aliphatic rings. The Hall–Kier alpha value is -2.67. The molecule has 0 amide bonds. The van der Waals surface area contributed by atoms with Gasteiger partial charge >= 0.3 is 22.8 Å². The van der Waals surface area contributed by atoms with Gasteiger partial charge in [-0.05, 0) is 63.3 Å². The molecule has 4 aromatic rings. The molecule has 0 aliphatic heterocycles. The maximum absolute atomic E-state index is 11.7. The summed E-state index contributed by atoms with van der Waals surface area (Å²) in [6.07, 6.45) is 3.42. The molecule has 12 heteroatoms. The summed E-state index contributed by atoms with van der Waals surface area (Å²) in [7, 11) is -12.9. The molecule has 1 aliphatic carbocycles. The minimum absolute atomic E-state index is 0.412. The zero-order chi connectivity index (χ0) is 32.5.